The van der Waals surface area contributed by atoms with E-state index in [0.29, 0.717) is 0 Å². The molecule has 1 aromatic heterocycles. The lowest BCUT2D eigenvalue weighted by atomic mass is 10.2. The summed E-state index contributed by atoms with van der Waals surface area (Å²) in [6, 6.07) is 1.46. The zero-order chi connectivity index (χ0) is 16.3. The number of hydrogen-bond donors (Lipinski definition) is 2. The number of amides is 1. The third-order valence-electron chi connectivity index (χ3n) is 3.12. The number of ether oxygens (including phenoxy) is 2. The van der Waals surface area contributed by atoms with Crippen LogP contribution < -0.4 is 11.0 Å². The number of aromatic nitrogens is 2. The molecule has 3 atom stereocenters. The van der Waals surface area contributed by atoms with E-state index in [2.05, 4.69) is 10.3 Å². The topological polar surface area (TPSA) is 120 Å². The maximum Gasteiger partial charge on any atom is 0.351 e. The first-order chi connectivity index (χ1) is 10.4. The smallest absolute Gasteiger partial charge is 0.351 e. The molecule has 3 unspecified atom stereocenters. The van der Waals surface area contributed by atoms with Gasteiger partial charge in [-0.25, -0.2) is 4.79 Å². The number of carbonyl (C=O) groups excluding carboxylic acids is 2. The van der Waals surface area contributed by atoms with Gasteiger partial charge in [0, 0.05) is 26.5 Å². The molecule has 22 heavy (non-hydrogen) atoms. The molecule has 0 aromatic carbocycles. The van der Waals surface area contributed by atoms with Crippen LogP contribution >= 0.6 is 0 Å². The van der Waals surface area contributed by atoms with Crippen LogP contribution in [0, 0.1) is 0 Å². The van der Waals surface area contributed by atoms with Gasteiger partial charge in [-0.1, -0.05) is 0 Å². The highest BCUT2D eigenvalue weighted by atomic mass is 16.6. The van der Waals surface area contributed by atoms with Crippen LogP contribution in [0.3, 0.4) is 0 Å². The van der Waals surface area contributed by atoms with Crippen molar-refractivity contribution in [2.24, 2.45) is 0 Å². The van der Waals surface area contributed by atoms with E-state index in [9.17, 15) is 19.5 Å². The summed E-state index contributed by atoms with van der Waals surface area (Å²) < 4.78 is 11.8. The second-order valence-electron chi connectivity index (χ2n) is 4.88. The quantitative estimate of drug-likeness (QED) is 0.713. The summed E-state index contributed by atoms with van der Waals surface area (Å²) in [5.74, 6) is -0.682. The summed E-state index contributed by atoms with van der Waals surface area (Å²) in [6.45, 7) is 2.24. The molecule has 1 aromatic rings. The SMILES string of the molecule is CC(=O)Nc1ccn(C2CC(OC(C)=O)C(CO)O2)c(=O)n1. The highest BCUT2D eigenvalue weighted by Gasteiger charge is 2.38. The Labute approximate surface area is 125 Å². The first kappa shape index (κ1) is 16.1. The highest BCUT2D eigenvalue weighted by molar-refractivity contribution is 5.87. The van der Waals surface area contributed by atoms with Crippen molar-refractivity contribution in [3.05, 3.63) is 22.7 Å². The fourth-order valence-electron chi connectivity index (χ4n) is 2.25. The molecule has 0 radical (unpaired) electrons. The molecule has 1 fully saturated rings. The first-order valence-electron chi connectivity index (χ1n) is 6.71. The van der Waals surface area contributed by atoms with E-state index in [4.69, 9.17) is 9.47 Å². The lowest BCUT2D eigenvalue weighted by Crippen LogP contribution is -2.29. The van der Waals surface area contributed by atoms with Crippen molar-refractivity contribution in [2.45, 2.75) is 38.7 Å². The van der Waals surface area contributed by atoms with Gasteiger partial charge in [-0.15, -0.1) is 0 Å². The summed E-state index contributed by atoms with van der Waals surface area (Å²) in [4.78, 5) is 37.7. The van der Waals surface area contributed by atoms with E-state index >= 15 is 0 Å². The molecule has 2 N–H and O–H groups in total. The van der Waals surface area contributed by atoms with Gasteiger partial charge in [-0.05, 0) is 6.07 Å². The molecule has 2 heterocycles. The van der Waals surface area contributed by atoms with E-state index < -0.39 is 30.1 Å². The zero-order valence-electron chi connectivity index (χ0n) is 12.2. The number of aliphatic hydroxyl groups excluding tert-OH is 1. The molecule has 0 bridgehead atoms. The number of nitrogens with one attached hydrogen (secondary N) is 1. The Morgan fingerprint density at radius 3 is 2.82 bits per heavy atom. The summed E-state index contributed by atoms with van der Waals surface area (Å²) in [6.07, 6.45) is -0.375. The van der Waals surface area contributed by atoms with E-state index in [1.807, 2.05) is 0 Å². The third-order valence-corrected chi connectivity index (χ3v) is 3.12. The largest absolute Gasteiger partial charge is 0.460 e. The van der Waals surface area contributed by atoms with Crippen molar-refractivity contribution in [1.82, 2.24) is 9.55 Å². The molecule has 1 amide bonds. The van der Waals surface area contributed by atoms with Gasteiger partial charge >= 0.3 is 11.7 Å². The van der Waals surface area contributed by atoms with Crippen LogP contribution in [0.1, 0.15) is 26.5 Å². The van der Waals surface area contributed by atoms with Gasteiger partial charge in [-0.2, -0.15) is 4.98 Å². The highest BCUT2D eigenvalue weighted by Crippen LogP contribution is 2.29. The molecule has 9 heteroatoms. The average molecular weight is 311 g/mol. The maximum absolute atomic E-state index is 12.0. The molecule has 1 aliphatic rings. The lowest BCUT2D eigenvalue weighted by molar-refractivity contribution is -0.150. The molecule has 1 aliphatic heterocycles. The fourth-order valence-corrected chi connectivity index (χ4v) is 2.25. The monoisotopic (exact) mass is 311 g/mol. The van der Waals surface area contributed by atoms with Gasteiger partial charge in [-0.3, -0.25) is 14.2 Å². The van der Waals surface area contributed by atoms with Crippen molar-refractivity contribution in [3.63, 3.8) is 0 Å². The van der Waals surface area contributed by atoms with Crippen molar-refractivity contribution in [2.75, 3.05) is 11.9 Å². The van der Waals surface area contributed by atoms with Crippen molar-refractivity contribution in [1.29, 1.82) is 0 Å². The minimum Gasteiger partial charge on any atom is -0.460 e. The van der Waals surface area contributed by atoms with Gasteiger partial charge < -0.3 is 19.9 Å². The molecule has 0 saturated carbocycles. The number of anilines is 1. The summed E-state index contributed by atoms with van der Waals surface area (Å²) in [5.41, 5.74) is -0.614. The van der Waals surface area contributed by atoms with Crippen LogP contribution in [0.25, 0.3) is 0 Å². The Kier molecular flexibility index (Phi) is 4.88. The van der Waals surface area contributed by atoms with Crippen molar-refractivity contribution in [3.8, 4) is 0 Å². The predicted molar refractivity (Wildman–Crippen MR) is 74.0 cm³/mol. The molecular formula is C13H17N3O6. The first-order valence-corrected chi connectivity index (χ1v) is 6.71. The van der Waals surface area contributed by atoms with E-state index in [-0.39, 0.29) is 24.8 Å². The molecule has 0 aliphatic carbocycles. The molecular weight excluding hydrogens is 294 g/mol. The molecule has 1 saturated heterocycles. The van der Waals surface area contributed by atoms with E-state index in [1.54, 1.807) is 0 Å². The Bertz CT molecular complexity index is 628. The zero-order valence-corrected chi connectivity index (χ0v) is 12.2. The maximum atomic E-state index is 12.0. The van der Waals surface area contributed by atoms with Crippen LogP contribution in [0.2, 0.25) is 0 Å². The van der Waals surface area contributed by atoms with Crippen LogP contribution in [0.5, 0.6) is 0 Å². The molecule has 9 nitrogen and oxygen atoms in total. The van der Waals surface area contributed by atoms with Crippen LogP contribution in [0.15, 0.2) is 17.1 Å². The van der Waals surface area contributed by atoms with Gasteiger partial charge in [0.15, 0.2) is 0 Å². The van der Waals surface area contributed by atoms with Crippen molar-refractivity contribution < 1.29 is 24.2 Å². The second kappa shape index (κ2) is 6.67. The van der Waals surface area contributed by atoms with Crippen LogP contribution in [-0.2, 0) is 19.1 Å². The molecule has 0 spiro atoms. The summed E-state index contributed by atoms with van der Waals surface area (Å²) >= 11 is 0. The number of nitrogens with zero attached hydrogens (tertiary/aromatic N) is 2. The Hall–Kier alpha value is -2.26. The van der Waals surface area contributed by atoms with Gasteiger partial charge in [0.2, 0.25) is 5.91 Å². The van der Waals surface area contributed by atoms with E-state index in [0.717, 1.165) is 0 Å². The predicted octanol–water partition coefficient (Wildman–Crippen LogP) is -0.587. The van der Waals surface area contributed by atoms with Crippen molar-refractivity contribution >= 4 is 17.7 Å². The average Bonchev–Trinajstić information content (AvgIpc) is 2.80. The normalized spacial score (nSPS) is 24.0. The number of rotatable bonds is 4. The number of hydrogen-bond acceptors (Lipinski definition) is 7. The fraction of sp³-hybridized carbons (Fsp3) is 0.538. The molecule has 2 rings (SSSR count). The van der Waals surface area contributed by atoms with E-state index in [1.165, 1.54) is 30.7 Å². The Balaban J connectivity index is 2.17. The van der Waals surface area contributed by atoms with Gasteiger partial charge in [0.1, 0.15) is 24.3 Å². The Morgan fingerprint density at radius 2 is 2.27 bits per heavy atom. The minimum absolute atomic E-state index is 0.141. The van der Waals surface area contributed by atoms with Gasteiger partial charge in [0.25, 0.3) is 0 Å². The second-order valence-corrected chi connectivity index (χ2v) is 4.88. The number of carbonyl (C=O) groups is 2. The standard InChI is InChI=1S/C13H17N3O6/c1-7(18)14-11-3-4-16(13(20)15-11)12-5-9(21-8(2)19)10(6-17)22-12/h3-4,9-10,12,17H,5-6H2,1-2H3,(H,14,15,18,20). The lowest BCUT2D eigenvalue weighted by Gasteiger charge is -2.15. The minimum atomic E-state index is -0.701. The summed E-state index contributed by atoms with van der Waals surface area (Å²) in [5, 5.41) is 11.7. The Morgan fingerprint density at radius 1 is 1.55 bits per heavy atom. The molecule has 120 valence electrons. The number of esters is 1. The summed E-state index contributed by atoms with van der Waals surface area (Å²) in [7, 11) is 0. The van der Waals surface area contributed by atoms with Crippen LogP contribution in [-0.4, -0.2) is 45.3 Å². The van der Waals surface area contributed by atoms with Gasteiger partial charge in [0.05, 0.1) is 6.61 Å². The third kappa shape index (κ3) is 3.68. The number of aliphatic hydroxyl groups is 1. The van der Waals surface area contributed by atoms with Crippen LogP contribution in [0.4, 0.5) is 5.82 Å².